The van der Waals surface area contributed by atoms with E-state index in [0.29, 0.717) is 25.2 Å². The average molecular weight is 445 g/mol. The van der Waals surface area contributed by atoms with E-state index in [1.54, 1.807) is 24.0 Å². The molecule has 1 aliphatic heterocycles. The van der Waals surface area contributed by atoms with Crippen molar-refractivity contribution >= 4 is 11.8 Å². The van der Waals surface area contributed by atoms with E-state index >= 15 is 0 Å². The highest BCUT2D eigenvalue weighted by Crippen LogP contribution is 2.37. The lowest BCUT2D eigenvalue weighted by Crippen LogP contribution is -2.55. The molecule has 6 heteroatoms. The van der Waals surface area contributed by atoms with E-state index < -0.39 is 5.41 Å². The standard InChI is InChI=1S/C27H32N4O2/c1-20(2)29-26(33)27(15-9-17-31(19-27)25(32)24-14-16-28-30(24)3)18-22-12-7-8-13-23(22)21-10-5-4-6-11-21/h4-8,10-14,16,20H,9,15,17-19H2,1-3H3,(H,29,33)/t27-/m1/s1. The van der Waals surface area contributed by atoms with Crippen molar-refractivity contribution in [3.05, 3.63) is 78.1 Å². The molecule has 1 aromatic heterocycles. The number of carbonyl (C=O) groups is 2. The Bertz CT molecular complexity index is 1120. The van der Waals surface area contributed by atoms with Gasteiger partial charge in [-0.2, -0.15) is 5.10 Å². The van der Waals surface area contributed by atoms with E-state index in [1.807, 2.05) is 49.1 Å². The van der Waals surface area contributed by atoms with Crippen LogP contribution in [0.5, 0.6) is 0 Å². The normalized spacial score (nSPS) is 18.4. The molecular formula is C27H32N4O2. The Balaban J connectivity index is 1.70. The summed E-state index contributed by atoms with van der Waals surface area (Å²) < 4.78 is 1.59. The fourth-order valence-electron chi connectivity index (χ4n) is 4.81. The molecule has 0 radical (unpaired) electrons. The first kappa shape index (κ1) is 22.8. The number of amides is 2. The Labute approximate surface area is 195 Å². The Morgan fingerprint density at radius 1 is 1.06 bits per heavy atom. The van der Waals surface area contributed by atoms with E-state index in [4.69, 9.17) is 0 Å². The molecule has 3 aromatic rings. The number of nitrogens with one attached hydrogen (secondary N) is 1. The molecule has 1 saturated heterocycles. The number of carbonyl (C=O) groups excluding carboxylic acids is 2. The molecule has 6 nitrogen and oxygen atoms in total. The lowest BCUT2D eigenvalue weighted by Gasteiger charge is -2.42. The number of likely N-dealkylation sites (tertiary alicyclic amines) is 1. The molecule has 0 saturated carbocycles. The number of hydrogen-bond donors (Lipinski definition) is 1. The van der Waals surface area contributed by atoms with Crippen molar-refractivity contribution in [2.75, 3.05) is 13.1 Å². The lowest BCUT2D eigenvalue weighted by molar-refractivity contribution is -0.134. The molecule has 1 aliphatic rings. The molecule has 1 atom stereocenters. The second-order valence-corrected chi connectivity index (χ2v) is 9.28. The highest BCUT2D eigenvalue weighted by molar-refractivity contribution is 5.93. The molecule has 172 valence electrons. The minimum atomic E-state index is -0.693. The van der Waals surface area contributed by atoms with E-state index in [1.165, 1.54) is 0 Å². The van der Waals surface area contributed by atoms with Crippen LogP contribution in [-0.2, 0) is 18.3 Å². The van der Waals surface area contributed by atoms with Crippen molar-refractivity contribution in [3.63, 3.8) is 0 Å². The van der Waals surface area contributed by atoms with Gasteiger partial charge in [0.25, 0.3) is 5.91 Å². The Kier molecular flexibility index (Phi) is 6.63. The van der Waals surface area contributed by atoms with Crippen LogP contribution in [0.4, 0.5) is 0 Å². The van der Waals surface area contributed by atoms with Crippen molar-refractivity contribution in [1.29, 1.82) is 0 Å². The second kappa shape index (κ2) is 9.61. The Morgan fingerprint density at radius 3 is 2.48 bits per heavy atom. The first-order valence-corrected chi connectivity index (χ1v) is 11.6. The van der Waals surface area contributed by atoms with Gasteiger partial charge in [0.05, 0.1) is 5.41 Å². The molecule has 0 aliphatic carbocycles. The number of piperidine rings is 1. The summed E-state index contributed by atoms with van der Waals surface area (Å²) in [6.45, 7) is 4.98. The van der Waals surface area contributed by atoms with Gasteiger partial charge in [0, 0.05) is 32.4 Å². The maximum atomic E-state index is 13.6. The van der Waals surface area contributed by atoms with Gasteiger partial charge in [0.15, 0.2) is 0 Å². The van der Waals surface area contributed by atoms with Crippen LogP contribution < -0.4 is 5.32 Å². The molecule has 2 heterocycles. The summed E-state index contributed by atoms with van der Waals surface area (Å²) in [4.78, 5) is 28.8. The van der Waals surface area contributed by atoms with Crippen molar-refractivity contribution in [1.82, 2.24) is 20.0 Å². The van der Waals surface area contributed by atoms with Crippen molar-refractivity contribution < 1.29 is 9.59 Å². The average Bonchev–Trinajstić information content (AvgIpc) is 3.25. The molecule has 33 heavy (non-hydrogen) atoms. The minimum Gasteiger partial charge on any atom is -0.353 e. The van der Waals surface area contributed by atoms with Gasteiger partial charge in [-0.3, -0.25) is 14.3 Å². The number of aromatic nitrogens is 2. The van der Waals surface area contributed by atoms with Gasteiger partial charge in [-0.25, -0.2) is 0 Å². The minimum absolute atomic E-state index is 0.0165. The maximum absolute atomic E-state index is 13.6. The molecule has 4 rings (SSSR count). The van der Waals surface area contributed by atoms with Crippen LogP contribution >= 0.6 is 0 Å². The van der Waals surface area contributed by atoms with Gasteiger partial charge >= 0.3 is 0 Å². The fraction of sp³-hybridized carbons (Fsp3) is 0.370. The van der Waals surface area contributed by atoms with Crippen LogP contribution in [0.3, 0.4) is 0 Å². The summed E-state index contributed by atoms with van der Waals surface area (Å²) in [6.07, 6.45) is 3.73. The quantitative estimate of drug-likeness (QED) is 0.623. The third-order valence-electron chi connectivity index (χ3n) is 6.44. The van der Waals surface area contributed by atoms with Gasteiger partial charge in [0.1, 0.15) is 5.69 Å². The third-order valence-corrected chi connectivity index (χ3v) is 6.44. The van der Waals surface area contributed by atoms with Crippen LogP contribution in [-0.4, -0.2) is 45.6 Å². The molecule has 1 fully saturated rings. The van der Waals surface area contributed by atoms with Crippen molar-refractivity contribution in [3.8, 4) is 11.1 Å². The van der Waals surface area contributed by atoms with E-state index in [-0.39, 0.29) is 17.9 Å². The lowest BCUT2D eigenvalue weighted by atomic mass is 9.73. The van der Waals surface area contributed by atoms with E-state index in [9.17, 15) is 9.59 Å². The fourth-order valence-corrected chi connectivity index (χ4v) is 4.81. The summed E-state index contributed by atoms with van der Waals surface area (Å²) in [7, 11) is 1.77. The molecular weight excluding hydrogens is 412 g/mol. The summed E-state index contributed by atoms with van der Waals surface area (Å²) in [5.41, 5.74) is 3.23. The smallest absolute Gasteiger partial charge is 0.272 e. The number of rotatable bonds is 6. The van der Waals surface area contributed by atoms with E-state index in [2.05, 4.69) is 34.7 Å². The van der Waals surface area contributed by atoms with Crippen LogP contribution in [0.25, 0.3) is 11.1 Å². The zero-order valence-electron chi connectivity index (χ0n) is 19.6. The Morgan fingerprint density at radius 2 is 1.79 bits per heavy atom. The van der Waals surface area contributed by atoms with E-state index in [0.717, 1.165) is 29.5 Å². The number of hydrogen-bond acceptors (Lipinski definition) is 3. The first-order chi connectivity index (χ1) is 15.9. The van der Waals surface area contributed by atoms with Gasteiger partial charge in [-0.15, -0.1) is 0 Å². The summed E-state index contributed by atoms with van der Waals surface area (Å²) >= 11 is 0. The number of benzene rings is 2. The van der Waals surface area contributed by atoms with Crippen molar-refractivity contribution in [2.45, 2.75) is 39.2 Å². The van der Waals surface area contributed by atoms with Gasteiger partial charge in [-0.1, -0.05) is 54.6 Å². The zero-order chi connectivity index (χ0) is 23.4. The van der Waals surface area contributed by atoms with Crippen LogP contribution in [0.15, 0.2) is 66.9 Å². The van der Waals surface area contributed by atoms with Crippen molar-refractivity contribution in [2.24, 2.45) is 12.5 Å². The predicted octanol–water partition coefficient (Wildman–Crippen LogP) is 4.08. The molecule has 2 aromatic carbocycles. The summed E-state index contributed by atoms with van der Waals surface area (Å²) in [5.74, 6) is -0.0596. The van der Waals surface area contributed by atoms with Crippen LogP contribution in [0.1, 0.15) is 42.7 Å². The van der Waals surface area contributed by atoms with Crippen LogP contribution in [0, 0.1) is 5.41 Å². The second-order valence-electron chi connectivity index (χ2n) is 9.28. The Hall–Kier alpha value is -3.41. The SMILES string of the molecule is CC(C)NC(=O)[C@@]1(Cc2ccccc2-c2ccccc2)CCCN(C(=O)c2ccnn2C)C1. The monoisotopic (exact) mass is 444 g/mol. The topological polar surface area (TPSA) is 67.2 Å². The molecule has 0 bridgehead atoms. The summed E-state index contributed by atoms with van der Waals surface area (Å²) in [6, 6.07) is 20.3. The molecule has 2 amide bonds. The van der Waals surface area contributed by atoms with Gasteiger partial charge < -0.3 is 10.2 Å². The maximum Gasteiger partial charge on any atom is 0.272 e. The van der Waals surface area contributed by atoms with Crippen LogP contribution in [0.2, 0.25) is 0 Å². The molecule has 0 spiro atoms. The highest BCUT2D eigenvalue weighted by atomic mass is 16.2. The zero-order valence-corrected chi connectivity index (χ0v) is 19.6. The number of aryl methyl sites for hydroxylation is 1. The molecule has 0 unspecified atom stereocenters. The van der Waals surface area contributed by atoms with Gasteiger partial charge in [0.2, 0.25) is 5.91 Å². The largest absolute Gasteiger partial charge is 0.353 e. The predicted molar refractivity (Wildman–Crippen MR) is 130 cm³/mol. The number of nitrogens with zero attached hydrogens (tertiary/aromatic N) is 3. The van der Waals surface area contributed by atoms with Gasteiger partial charge in [-0.05, 0) is 55.9 Å². The third kappa shape index (κ3) is 4.85. The first-order valence-electron chi connectivity index (χ1n) is 11.6. The highest BCUT2D eigenvalue weighted by Gasteiger charge is 2.44. The molecule has 1 N–H and O–H groups in total. The summed E-state index contributed by atoms with van der Waals surface area (Å²) in [5, 5.41) is 7.29.